The third kappa shape index (κ3) is 4.23. The number of nitrogens with zero attached hydrogens (tertiary/aromatic N) is 2. The molecule has 3 rings (SSSR count). The Hall–Kier alpha value is -3.13. The Balaban J connectivity index is 1.94. The second-order valence-electron chi connectivity index (χ2n) is 7.88. The van der Waals surface area contributed by atoms with Gasteiger partial charge in [0.05, 0.1) is 27.7 Å². The Morgan fingerprint density at radius 3 is 2.53 bits per heavy atom. The van der Waals surface area contributed by atoms with Gasteiger partial charge in [-0.1, -0.05) is 23.7 Å². The van der Waals surface area contributed by atoms with Gasteiger partial charge in [0, 0.05) is 11.6 Å². The molecule has 2 aromatic rings. The molecule has 0 unspecified atom stereocenters. The molecule has 0 atom stereocenters. The number of halogens is 1. The molecule has 2 amide bonds. The molecule has 0 saturated carbocycles. The molecule has 0 saturated heterocycles. The number of nitrogens with one attached hydrogen (secondary N) is 1. The van der Waals surface area contributed by atoms with Gasteiger partial charge in [0.25, 0.3) is 17.5 Å². The number of carbonyl (C=O) groups is 2. The summed E-state index contributed by atoms with van der Waals surface area (Å²) in [4.78, 5) is 36.9. The van der Waals surface area contributed by atoms with Crippen molar-refractivity contribution in [1.29, 1.82) is 0 Å². The first-order chi connectivity index (χ1) is 14.1. The van der Waals surface area contributed by atoms with E-state index in [0.717, 1.165) is 17.0 Å². The van der Waals surface area contributed by atoms with Crippen LogP contribution in [0.15, 0.2) is 36.4 Å². The first-order valence-corrected chi connectivity index (χ1v) is 9.82. The van der Waals surface area contributed by atoms with Crippen molar-refractivity contribution in [3.8, 4) is 5.75 Å². The molecule has 0 aliphatic carbocycles. The average Bonchev–Trinajstić information content (AvgIpc) is 2.71. The standard InChI is InChI=1S/C21H22ClN3O5/c1-21(2,3)24(20(27)13-7-4-5-9-16(13)25(28)29)23-19(26)15-10-11-17-14(18(15)22)8-6-12-30-17/h4-5,7,9-11H,6,8,12H2,1-3H3,(H,23,26). The van der Waals surface area contributed by atoms with Crippen molar-refractivity contribution in [3.63, 3.8) is 0 Å². The van der Waals surface area contributed by atoms with E-state index in [1.807, 2.05) is 0 Å². The highest BCUT2D eigenvalue weighted by Crippen LogP contribution is 2.34. The van der Waals surface area contributed by atoms with E-state index in [0.29, 0.717) is 18.8 Å². The average molecular weight is 432 g/mol. The Morgan fingerprint density at radius 1 is 1.17 bits per heavy atom. The van der Waals surface area contributed by atoms with Crippen molar-refractivity contribution in [2.45, 2.75) is 39.2 Å². The zero-order valence-electron chi connectivity index (χ0n) is 16.9. The number of para-hydroxylation sites is 1. The van der Waals surface area contributed by atoms with Crippen LogP contribution in [-0.2, 0) is 6.42 Å². The Labute approximate surface area is 178 Å². The van der Waals surface area contributed by atoms with E-state index in [2.05, 4.69) is 5.43 Å². The van der Waals surface area contributed by atoms with E-state index in [1.54, 1.807) is 26.8 Å². The van der Waals surface area contributed by atoms with Crippen LogP contribution in [0.3, 0.4) is 0 Å². The molecule has 8 nitrogen and oxygen atoms in total. The fourth-order valence-corrected chi connectivity index (χ4v) is 3.53. The van der Waals surface area contributed by atoms with Crippen molar-refractivity contribution in [2.75, 3.05) is 6.61 Å². The maximum Gasteiger partial charge on any atom is 0.282 e. The van der Waals surface area contributed by atoms with Gasteiger partial charge in [0.2, 0.25) is 0 Å². The van der Waals surface area contributed by atoms with Gasteiger partial charge in [-0.3, -0.25) is 25.1 Å². The number of carbonyl (C=O) groups excluding carboxylic acids is 2. The van der Waals surface area contributed by atoms with Gasteiger partial charge < -0.3 is 4.74 Å². The lowest BCUT2D eigenvalue weighted by Crippen LogP contribution is -2.56. The summed E-state index contributed by atoms with van der Waals surface area (Å²) >= 11 is 6.45. The van der Waals surface area contributed by atoms with Gasteiger partial charge >= 0.3 is 0 Å². The third-order valence-corrected chi connectivity index (χ3v) is 5.12. The molecule has 0 bridgehead atoms. The summed E-state index contributed by atoms with van der Waals surface area (Å²) < 4.78 is 5.56. The summed E-state index contributed by atoms with van der Waals surface area (Å²) in [6, 6.07) is 8.83. The molecule has 1 N–H and O–H groups in total. The number of nitro benzene ring substituents is 1. The molecule has 0 aromatic heterocycles. The van der Waals surface area contributed by atoms with Crippen molar-refractivity contribution >= 4 is 29.1 Å². The third-order valence-electron chi connectivity index (χ3n) is 4.69. The highest BCUT2D eigenvalue weighted by Gasteiger charge is 2.33. The predicted octanol–water partition coefficient (Wildman–Crippen LogP) is 4.16. The Kier molecular flexibility index (Phi) is 5.98. The number of benzene rings is 2. The zero-order valence-corrected chi connectivity index (χ0v) is 17.7. The number of nitro groups is 1. The number of ether oxygens (including phenoxy) is 1. The number of fused-ring (bicyclic) bond motifs is 1. The summed E-state index contributed by atoms with van der Waals surface area (Å²) in [5.41, 5.74) is 2.21. The van der Waals surface area contributed by atoms with Crippen LogP contribution in [-0.4, -0.2) is 33.9 Å². The lowest BCUT2D eigenvalue weighted by molar-refractivity contribution is -0.385. The number of amides is 2. The molecule has 30 heavy (non-hydrogen) atoms. The molecule has 1 heterocycles. The minimum atomic E-state index is -0.861. The first-order valence-electron chi connectivity index (χ1n) is 9.44. The maximum atomic E-state index is 13.2. The van der Waals surface area contributed by atoms with E-state index in [4.69, 9.17) is 16.3 Å². The molecule has 0 spiro atoms. The molecule has 0 radical (unpaired) electrons. The summed E-state index contributed by atoms with van der Waals surface area (Å²) in [6.45, 7) is 5.73. The van der Waals surface area contributed by atoms with Crippen LogP contribution >= 0.6 is 11.6 Å². The van der Waals surface area contributed by atoms with Gasteiger partial charge in [-0.25, -0.2) is 5.01 Å². The minimum Gasteiger partial charge on any atom is -0.493 e. The Bertz CT molecular complexity index is 1020. The maximum absolute atomic E-state index is 13.2. The van der Waals surface area contributed by atoms with E-state index >= 15 is 0 Å². The first kappa shape index (κ1) is 21.6. The largest absolute Gasteiger partial charge is 0.493 e. The molecule has 0 fully saturated rings. The monoisotopic (exact) mass is 431 g/mol. The zero-order chi connectivity index (χ0) is 22.1. The molecule has 158 valence electrons. The summed E-state index contributed by atoms with van der Waals surface area (Å²) in [6.07, 6.45) is 1.48. The van der Waals surface area contributed by atoms with Gasteiger partial charge in [0.1, 0.15) is 11.3 Å². The van der Waals surface area contributed by atoms with E-state index in [1.165, 1.54) is 30.3 Å². The topological polar surface area (TPSA) is 102 Å². The number of hydrogen-bond acceptors (Lipinski definition) is 5. The molecule has 2 aromatic carbocycles. The SMILES string of the molecule is CC(C)(C)N(NC(=O)c1ccc2c(c1Cl)CCCO2)C(=O)c1ccccc1[N+](=O)[O-]. The fourth-order valence-electron chi connectivity index (χ4n) is 3.20. The van der Waals surface area contributed by atoms with Crippen LogP contribution in [0.2, 0.25) is 5.02 Å². The van der Waals surface area contributed by atoms with Crippen LogP contribution in [0, 0.1) is 10.1 Å². The van der Waals surface area contributed by atoms with E-state index in [9.17, 15) is 19.7 Å². The lowest BCUT2D eigenvalue weighted by atomic mass is 10.0. The molecular formula is C21H22ClN3O5. The minimum absolute atomic E-state index is 0.123. The van der Waals surface area contributed by atoms with Gasteiger partial charge in [0.15, 0.2) is 0 Å². The van der Waals surface area contributed by atoms with Crippen molar-refractivity contribution in [2.24, 2.45) is 0 Å². The summed E-state index contributed by atoms with van der Waals surface area (Å²) in [7, 11) is 0. The number of hydrogen-bond donors (Lipinski definition) is 1. The van der Waals surface area contributed by atoms with Crippen LogP contribution in [0.1, 0.15) is 53.5 Å². The second kappa shape index (κ2) is 8.31. The van der Waals surface area contributed by atoms with Gasteiger partial charge in [-0.15, -0.1) is 0 Å². The smallest absolute Gasteiger partial charge is 0.282 e. The molecule has 9 heteroatoms. The highest BCUT2D eigenvalue weighted by molar-refractivity contribution is 6.34. The number of rotatable bonds is 3. The van der Waals surface area contributed by atoms with Crippen LogP contribution in [0.4, 0.5) is 5.69 Å². The highest BCUT2D eigenvalue weighted by atomic mass is 35.5. The summed E-state index contributed by atoms with van der Waals surface area (Å²) in [5, 5.41) is 12.7. The molecular weight excluding hydrogens is 410 g/mol. The van der Waals surface area contributed by atoms with E-state index < -0.39 is 22.3 Å². The van der Waals surface area contributed by atoms with Gasteiger partial charge in [-0.05, 0) is 51.8 Å². The summed E-state index contributed by atoms with van der Waals surface area (Å²) in [5.74, 6) is -0.637. The lowest BCUT2D eigenvalue weighted by Gasteiger charge is -2.35. The normalized spacial score (nSPS) is 13.1. The van der Waals surface area contributed by atoms with Crippen LogP contribution in [0.25, 0.3) is 0 Å². The second-order valence-corrected chi connectivity index (χ2v) is 8.26. The van der Waals surface area contributed by atoms with Crippen molar-refractivity contribution < 1.29 is 19.2 Å². The molecule has 1 aliphatic heterocycles. The quantitative estimate of drug-likeness (QED) is 0.580. The fraction of sp³-hybridized carbons (Fsp3) is 0.333. The van der Waals surface area contributed by atoms with Crippen LogP contribution < -0.4 is 10.2 Å². The number of hydrazine groups is 1. The van der Waals surface area contributed by atoms with Crippen molar-refractivity contribution in [1.82, 2.24) is 10.4 Å². The van der Waals surface area contributed by atoms with E-state index in [-0.39, 0.29) is 21.8 Å². The van der Waals surface area contributed by atoms with Crippen molar-refractivity contribution in [3.05, 3.63) is 68.2 Å². The Morgan fingerprint density at radius 2 is 1.87 bits per heavy atom. The van der Waals surface area contributed by atoms with Crippen LogP contribution in [0.5, 0.6) is 5.75 Å². The predicted molar refractivity (Wildman–Crippen MR) is 112 cm³/mol. The molecule has 1 aliphatic rings. The van der Waals surface area contributed by atoms with Gasteiger partial charge in [-0.2, -0.15) is 0 Å².